The number of benzene rings is 1. The van der Waals surface area contributed by atoms with Crippen LogP contribution in [0.25, 0.3) is 0 Å². The highest BCUT2D eigenvalue weighted by Crippen LogP contribution is 2.36. The van der Waals surface area contributed by atoms with Gasteiger partial charge in [-0.05, 0) is 44.4 Å². The fourth-order valence-corrected chi connectivity index (χ4v) is 4.02. The smallest absolute Gasteiger partial charge is 0.194 e. The predicted octanol–water partition coefficient (Wildman–Crippen LogP) is 3.09. The molecule has 0 bridgehead atoms. The number of guanidine groups is 1. The Morgan fingerprint density at radius 2 is 2.10 bits per heavy atom. The number of methoxy groups -OCH3 is 1. The quantitative estimate of drug-likeness (QED) is 0.535. The first-order valence-electron chi connectivity index (χ1n) is 10.4. The van der Waals surface area contributed by atoms with Crippen LogP contribution in [0.1, 0.15) is 32.3 Å². The summed E-state index contributed by atoms with van der Waals surface area (Å²) in [5, 5.41) is 3.93. The van der Waals surface area contributed by atoms with Gasteiger partial charge in [0.15, 0.2) is 17.5 Å². The van der Waals surface area contributed by atoms with Crippen LogP contribution < -0.4 is 14.8 Å². The minimum atomic E-state index is 0.0927. The van der Waals surface area contributed by atoms with Crippen molar-refractivity contribution in [3.8, 4) is 11.5 Å². The summed E-state index contributed by atoms with van der Waals surface area (Å²) < 4.78 is 22.8. The average molecular weight is 426 g/mol. The van der Waals surface area contributed by atoms with Crippen molar-refractivity contribution in [1.82, 2.24) is 10.2 Å². The van der Waals surface area contributed by atoms with Crippen LogP contribution in [-0.2, 0) is 16.0 Å². The molecule has 0 amide bonds. The Labute approximate surface area is 178 Å². The summed E-state index contributed by atoms with van der Waals surface area (Å²) in [5.74, 6) is 2.08. The molecular formula is C21H32ClN3O4. The molecule has 2 aliphatic heterocycles. The molecule has 8 heteroatoms. The van der Waals surface area contributed by atoms with Crippen LogP contribution in [0.2, 0.25) is 5.02 Å². The maximum atomic E-state index is 6.40. The van der Waals surface area contributed by atoms with Gasteiger partial charge in [-0.3, -0.25) is 0 Å². The second kappa shape index (κ2) is 10.9. The van der Waals surface area contributed by atoms with E-state index in [0.29, 0.717) is 36.3 Å². The van der Waals surface area contributed by atoms with Gasteiger partial charge in [0.05, 0.1) is 38.0 Å². The van der Waals surface area contributed by atoms with Crippen LogP contribution in [0.5, 0.6) is 11.5 Å². The fourth-order valence-electron chi connectivity index (χ4n) is 3.73. The van der Waals surface area contributed by atoms with Crippen molar-refractivity contribution in [2.24, 2.45) is 4.99 Å². The van der Waals surface area contributed by atoms with E-state index in [9.17, 15) is 0 Å². The molecule has 0 aliphatic carbocycles. The molecule has 3 rings (SSSR count). The number of rotatable bonds is 7. The molecule has 2 aliphatic rings. The van der Waals surface area contributed by atoms with Crippen molar-refractivity contribution in [3.63, 3.8) is 0 Å². The predicted molar refractivity (Wildman–Crippen MR) is 114 cm³/mol. The molecular weight excluding hydrogens is 394 g/mol. The number of morpholine rings is 1. The maximum Gasteiger partial charge on any atom is 0.194 e. The molecule has 2 saturated heterocycles. The fraction of sp³-hybridized carbons (Fsp3) is 0.667. The van der Waals surface area contributed by atoms with Crippen molar-refractivity contribution < 1.29 is 18.9 Å². The molecule has 0 radical (unpaired) electrons. The Balaban J connectivity index is 1.72. The Bertz CT molecular complexity index is 695. The number of aliphatic imine (C=N–C) groups is 1. The van der Waals surface area contributed by atoms with Crippen LogP contribution in [-0.4, -0.2) is 69.6 Å². The van der Waals surface area contributed by atoms with Gasteiger partial charge in [0.1, 0.15) is 6.10 Å². The van der Waals surface area contributed by atoms with Gasteiger partial charge in [-0.15, -0.1) is 0 Å². The van der Waals surface area contributed by atoms with E-state index in [2.05, 4.69) is 17.1 Å². The first-order chi connectivity index (χ1) is 14.2. The zero-order chi connectivity index (χ0) is 20.6. The molecule has 0 saturated carbocycles. The molecule has 2 heterocycles. The van der Waals surface area contributed by atoms with E-state index in [1.165, 1.54) is 0 Å². The third-order valence-electron chi connectivity index (χ3n) is 5.10. The van der Waals surface area contributed by atoms with Gasteiger partial charge in [0, 0.05) is 26.2 Å². The summed E-state index contributed by atoms with van der Waals surface area (Å²) in [6.07, 6.45) is 2.46. The summed E-state index contributed by atoms with van der Waals surface area (Å²) in [4.78, 5) is 7.10. The number of ether oxygens (including phenoxy) is 4. The molecule has 2 atom stereocenters. The van der Waals surface area contributed by atoms with Gasteiger partial charge < -0.3 is 29.2 Å². The number of hydrogen-bond donors (Lipinski definition) is 1. The van der Waals surface area contributed by atoms with Crippen LogP contribution in [0.15, 0.2) is 17.1 Å². The van der Waals surface area contributed by atoms with E-state index >= 15 is 0 Å². The van der Waals surface area contributed by atoms with Crippen LogP contribution in [0, 0.1) is 0 Å². The van der Waals surface area contributed by atoms with Gasteiger partial charge >= 0.3 is 0 Å². The lowest BCUT2D eigenvalue weighted by Gasteiger charge is -2.37. The summed E-state index contributed by atoms with van der Waals surface area (Å²) >= 11 is 6.40. The van der Waals surface area contributed by atoms with Gasteiger partial charge in [-0.2, -0.15) is 0 Å². The second-order valence-corrected chi connectivity index (χ2v) is 7.53. The average Bonchev–Trinajstić information content (AvgIpc) is 3.28. The summed E-state index contributed by atoms with van der Waals surface area (Å²) in [7, 11) is 1.62. The largest absolute Gasteiger partial charge is 0.493 e. The Morgan fingerprint density at radius 3 is 2.79 bits per heavy atom. The molecule has 29 heavy (non-hydrogen) atoms. The molecule has 162 valence electrons. The van der Waals surface area contributed by atoms with E-state index in [0.717, 1.165) is 50.6 Å². The van der Waals surface area contributed by atoms with Crippen molar-refractivity contribution in [1.29, 1.82) is 0 Å². The minimum absolute atomic E-state index is 0.0927. The highest BCUT2D eigenvalue weighted by molar-refractivity contribution is 6.32. The van der Waals surface area contributed by atoms with E-state index in [4.69, 9.17) is 35.5 Å². The first-order valence-corrected chi connectivity index (χ1v) is 10.8. The van der Waals surface area contributed by atoms with Gasteiger partial charge in [0.2, 0.25) is 0 Å². The lowest BCUT2D eigenvalue weighted by molar-refractivity contribution is -0.0817. The lowest BCUT2D eigenvalue weighted by Crippen LogP contribution is -2.53. The van der Waals surface area contributed by atoms with Gasteiger partial charge in [-0.25, -0.2) is 4.99 Å². The van der Waals surface area contributed by atoms with E-state index in [1.807, 2.05) is 19.1 Å². The third-order valence-corrected chi connectivity index (χ3v) is 5.38. The van der Waals surface area contributed by atoms with Gasteiger partial charge in [-0.1, -0.05) is 11.6 Å². The highest BCUT2D eigenvalue weighted by atomic mass is 35.5. The first kappa shape index (κ1) is 22.0. The van der Waals surface area contributed by atoms with E-state index in [1.54, 1.807) is 7.11 Å². The van der Waals surface area contributed by atoms with Crippen molar-refractivity contribution in [3.05, 3.63) is 22.7 Å². The normalized spacial score (nSPS) is 22.6. The molecule has 2 fully saturated rings. The molecule has 2 unspecified atom stereocenters. The highest BCUT2D eigenvalue weighted by Gasteiger charge is 2.32. The van der Waals surface area contributed by atoms with Crippen molar-refractivity contribution in [2.75, 3.05) is 46.6 Å². The zero-order valence-electron chi connectivity index (χ0n) is 17.6. The van der Waals surface area contributed by atoms with Crippen molar-refractivity contribution >= 4 is 17.6 Å². The monoisotopic (exact) mass is 425 g/mol. The Morgan fingerprint density at radius 1 is 1.28 bits per heavy atom. The molecule has 7 nitrogen and oxygen atoms in total. The van der Waals surface area contributed by atoms with E-state index in [-0.39, 0.29) is 12.2 Å². The number of nitrogens with zero attached hydrogens (tertiary/aromatic N) is 2. The lowest BCUT2D eigenvalue weighted by atomic mass is 10.1. The topological polar surface area (TPSA) is 64.6 Å². The Kier molecular flexibility index (Phi) is 8.27. The van der Waals surface area contributed by atoms with Crippen molar-refractivity contribution in [2.45, 2.75) is 45.4 Å². The van der Waals surface area contributed by atoms with Crippen LogP contribution >= 0.6 is 11.6 Å². The standard InChI is InChI=1S/C21H32ClN3O4/c1-4-23-21(25-8-10-29-19(14-25)17-7-6-9-28-17)24-13-15-11-16(22)20(27-5-2)18(12-15)26-3/h11-12,17,19H,4-10,13-14H2,1-3H3,(H,23,24). The summed E-state index contributed by atoms with van der Waals surface area (Å²) in [5.41, 5.74) is 0.967. The minimum Gasteiger partial charge on any atom is -0.493 e. The number of hydrogen-bond acceptors (Lipinski definition) is 5. The molecule has 1 aromatic carbocycles. The van der Waals surface area contributed by atoms with Gasteiger partial charge in [0.25, 0.3) is 0 Å². The SMILES string of the molecule is CCNC(=NCc1cc(Cl)c(OCC)c(OC)c1)N1CCOC(C2CCCO2)C1. The zero-order valence-corrected chi connectivity index (χ0v) is 18.3. The number of halogens is 1. The summed E-state index contributed by atoms with van der Waals surface area (Å²) in [6, 6.07) is 3.81. The molecule has 0 aromatic heterocycles. The molecule has 1 N–H and O–H groups in total. The van der Waals surface area contributed by atoms with E-state index < -0.39 is 0 Å². The number of nitrogens with one attached hydrogen (secondary N) is 1. The Hall–Kier alpha value is -1.70. The second-order valence-electron chi connectivity index (χ2n) is 7.12. The summed E-state index contributed by atoms with van der Waals surface area (Å²) in [6.45, 7) is 8.91. The molecule has 0 spiro atoms. The molecule has 1 aromatic rings. The van der Waals surface area contributed by atoms with Crippen LogP contribution in [0.4, 0.5) is 0 Å². The third kappa shape index (κ3) is 5.68. The maximum absolute atomic E-state index is 6.40. The van der Waals surface area contributed by atoms with Crippen LogP contribution in [0.3, 0.4) is 0 Å².